The lowest BCUT2D eigenvalue weighted by atomic mass is 10.3. The molecular formula is C12H16N2S. The highest BCUT2D eigenvalue weighted by Crippen LogP contribution is 2.18. The average molecular weight is 220 g/mol. The Kier molecular flexibility index (Phi) is 3.23. The summed E-state index contributed by atoms with van der Waals surface area (Å²) in [7, 11) is 0. The van der Waals surface area contributed by atoms with Gasteiger partial charge in [0.25, 0.3) is 0 Å². The van der Waals surface area contributed by atoms with E-state index in [4.69, 9.17) is 5.73 Å². The second kappa shape index (κ2) is 4.64. The summed E-state index contributed by atoms with van der Waals surface area (Å²) in [5, 5.41) is 0. The van der Waals surface area contributed by atoms with Crippen molar-refractivity contribution in [1.82, 2.24) is 4.57 Å². The lowest BCUT2D eigenvalue weighted by molar-refractivity contribution is 0.753. The molecule has 0 unspecified atom stereocenters. The largest absolute Gasteiger partial charge is 0.345 e. The SMILES string of the molecule is CCc1ccc(Cn2cccc2CN)s1. The first-order valence-corrected chi connectivity index (χ1v) is 6.06. The molecule has 0 amide bonds. The molecule has 0 bridgehead atoms. The van der Waals surface area contributed by atoms with Gasteiger partial charge < -0.3 is 10.3 Å². The standard InChI is InChI=1S/C12H16N2S/c1-2-11-5-6-12(15-11)9-14-7-3-4-10(14)8-13/h3-7H,2,8-9,13H2,1H3. The van der Waals surface area contributed by atoms with Crippen molar-refractivity contribution in [2.24, 2.45) is 5.73 Å². The van der Waals surface area contributed by atoms with Crippen LogP contribution in [0.2, 0.25) is 0 Å². The molecular weight excluding hydrogens is 204 g/mol. The third-order valence-corrected chi connectivity index (χ3v) is 3.74. The summed E-state index contributed by atoms with van der Waals surface area (Å²) in [4.78, 5) is 2.85. The van der Waals surface area contributed by atoms with Gasteiger partial charge in [-0.1, -0.05) is 6.92 Å². The fourth-order valence-electron chi connectivity index (χ4n) is 1.65. The molecule has 0 spiro atoms. The third kappa shape index (κ3) is 2.30. The minimum Gasteiger partial charge on any atom is -0.345 e. The molecule has 2 aromatic rings. The molecule has 0 atom stereocenters. The van der Waals surface area contributed by atoms with Crippen molar-refractivity contribution in [1.29, 1.82) is 0 Å². The van der Waals surface area contributed by atoms with Crippen LogP contribution in [-0.2, 0) is 19.5 Å². The highest BCUT2D eigenvalue weighted by molar-refractivity contribution is 7.11. The number of nitrogens with zero attached hydrogens (tertiary/aromatic N) is 1. The van der Waals surface area contributed by atoms with Gasteiger partial charge in [-0.2, -0.15) is 0 Å². The first-order valence-electron chi connectivity index (χ1n) is 5.25. The summed E-state index contributed by atoms with van der Waals surface area (Å²) in [6, 6.07) is 8.56. The molecule has 2 aromatic heterocycles. The van der Waals surface area contributed by atoms with Crippen LogP contribution in [0.25, 0.3) is 0 Å². The van der Waals surface area contributed by atoms with E-state index in [1.54, 1.807) is 0 Å². The van der Waals surface area contributed by atoms with Gasteiger partial charge in [-0.25, -0.2) is 0 Å². The van der Waals surface area contributed by atoms with Crippen molar-refractivity contribution in [2.45, 2.75) is 26.4 Å². The molecule has 0 saturated carbocycles. The summed E-state index contributed by atoms with van der Waals surface area (Å²) in [5.74, 6) is 0. The summed E-state index contributed by atoms with van der Waals surface area (Å²) in [5.41, 5.74) is 6.86. The normalized spacial score (nSPS) is 10.8. The third-order valence-electron chi connectivity index (χ3n) is 2.52. The fourth-order valence-corrected chi connectivity index (χ4v) is 2.61. The number of thiophene rings is 1. The summed E-state index contributed by atoms with van der Waals surface area (Å²) < 4.78 is 2.21. The monoisotopic (exact) mass is 220 g/mol. The maximum absolute atomic E-state index is 5.66. The topological polar surface area (TPSA) is 30.9 Å². The van der Waals surface area contributed by atoms with Crippen LogP contribution in [0.3, 0.4) is 0 Å². The fraction of sp³-hybridized carbons (Fsp3) is 0.333. The van der Waals surface area contributed by atoms with Gasteiger partial charge in [-0.3, -0.25) is 0 Å². The van der Waals surface area contributed by atoms with Crippen molar-refractivity contribution in [3.63, 3.8) is 0 Å². The van der Waals surface area contributed by atoms with E-state index < -0.39 is 0 Å². The van der Waals surface area contributed by atoms with E-state index in [2.05, 4.69) is 42.0 Å². The van der Waals surface area contributed by atoms with Crippen LogP contribution in [0.5, 0.6) is 0 Å². The minimum absolute atomic E-state index is 0.610. The predicted molar refractivity (Wildman–Crippen MR) is 65.1 cm³/mol. The molecule has 3 heteroatoms. The molecule has 0 aliphatic heterocycles. The molecule has 80 valence electrons. The quantitative estimate of drug-likeness (QED) is 0.843. The lowest BCUT2D eigenvalue weighted by Crippen LogP contribution is -2.06. The van der Waals surface area contributed by atoms with Gasteiger partial charge in [0.15, 0.2) is 0 Å². The van der Waals surface area contributed by atoms with Crippen molar-refractivity contribution in [3.8, 4) is 0 Å². The molecule has 2 N–H and O–H groups in total. The van der Waals surface area contributed by atoms with Gasteiger partial charge in [0, 0.05) is 28.2 Å². The summed E-state index contributed by atoms with van der Waals surface area (Å²) in [6.45, 7) is 3.75. The molecule has 0 aromatic carbocycles. The lowest BCUT2D eigenvalue weighted by Gasteiger charge is -2.05. The van der Waals surface area contributed by atoms with E-state index in [-0.39, 0.29) is 0 Å². The van der Waals surface area contributed by atoms with Crippen LogP contribution in [0.15, 0.2) is 30.5 Å². The molecule has 0 saturated heterocycles. The number of nitrogens with two attached hydrogens (primary N) is 1. The van der Waals surface area contributed by atoms with Gasteiger partial charge in [-0.15, -0.1) is 11.3 Å². The molecule has 15 heavy (non-hydrogen) atoms. The Bertz CT molecular complexity index is 428. The van der Waals surface area contributed by atoms with Gasteiger partial charge in [-0.05, 0) is 30.7 Å². The number of aromatic nitrogens is 1. The second-order valence-corrected chi connectivity index (χ2v) is 4.81. The molecule has 2 heterocycles. The van der Waals surface area contributed by atoms with E-state index >= 15 is 0 Å². The Balaban J connectivity index is 2.14. The van der Waals surface area contributed by atoms with Gasteiger partial charge in [0.05, 0.1) is 6.54 Å². The average Bonchev–Trinajstić information content (AvgIpc) is 2.87. The first-order chi connectivity index (χ1) is 7.33. The zero-order chi connectivity index (χ0) is 10.7. The zero-order valence-corrected chi connectivity index (χ0v) is 9.76. The van der Waals surface area contributed by atoms with E-state index in [9.17, 15) is 0 Å². The van der Waals surface area contributed by atoms with Crippen LogP contribution in [0.4, 0.5) is 0 Å². The van der Waals surface area contributed by atoms with Gasteiger partial charge >= 0.3 is 0 Å². The van der Waals surface area contributed by atoms with Crippen LogP contribution in [-0.4, -0.2) is 4.57 Å². The maximum atomic E-state index is 5.66. The van der Waals surface area contributed by atoms with Crippen LogP contribution >= 0.6 is 11.3 Å². The Labute approximate surface area is 94.3 Å². The van der Waals surface area contributed by atoms with E-state index in [0.717, 1.165) is 13.0 Å². The molecule has 0 aliphatic carbocycles. The first kappa shape index (κ1) is 10.5. The highest BCUT2D eigenvalue weighted by atomic mass is 32.1. The van der Waals surface area contributed by atoms with Crippen molar-refractivity contribution >= 4 is 11.3 Å². The molecule has 0 fully saturated rings. The summed E-state index contributed by atoms with van der Waals surface area (Å²) in [6.07, 6.45) is 3.22. The van der Waals surface area contributed by atoms with Crippen LogP contribution in [0, 0.1) is 0 Å². The molecule has 2 rings (SSSR count). The van der Waals surface area contributed by atoms with Gasteiger partial charge in [0.1, 0.15) is 0 Å². The Morgan fingerprint density at radius 1 is 1.27 bits per heavy atom. The van der Waals surface area contributed by atoms with E-state index in [0.29, 0.717) is 6.54 Å². The molecule has 0 aliphatic rings. The van der Waals surface area contributed by atoms with Crippen molar-refractivity contribution in [2.75, 3.05) is 0 Å². The number of hydrogen-bond donors (Lipinski definition) is 1. The van der Waals surface area contributed by atoms with E-state index in [1.165, 1.54) is 15.4 Å². The Morgan fingerprint density at radius 3 is 2.73 bits per heavy atom. The number of rotatable bonds is 4. The highest BCUT2D eigenvalue weighted by Gasteiger charge is 2.02. The summed E-state index contributed by atoms with van der Waals surface area (Å²) >= 11 is 1.89. The van der Waals surface area contributed by atoms with E-state index in [1.807, 2.05) is 11.3 Å². The maximum Gasteiger partial charge on any atom is 0.0566 e. The van der Waals surface area contributed by atoms with Crippen LogP contribution < -0.4 is 5.73 Å². The smallest absolute Gasteiger partial charge is 0.0566 e. The molecule has 2 nitrogen and oxygen atoms in total. The van der Waals surface area contributed by atoms with Crippen molar-refractivity contribution in [3.05, 3.63) is 45.9 Å². The minimum atomic E-state index is 0.610. The van der Waals surface area contributed by atoms with Crippen LogP contribution in [0.1, 0.15) is 22.4 Å². The number of hydrogen-bond acceptors (Lipinski definition) is 2. The predicted octanol–water partition coefficient (Wildman–Crippen LogP) is 2.62. The molecule has 0 radical (unpaired) electrons. The number of aryl methyl sites for hydroxylation is 1. The van der Waals surface area contributed by atoms with Gasteiger partial charge in [0.2, 0.25) is 0 Å². The Morgan fingerprint density at radius 2 is 2.07 bits per heavy atom. The zero-order valence-electron chi connectivity index (χ0n) is 8.94. The van der Waals surface area contributed by atoms with Crippen molar-refractivity contribution < 1.29 is 0 Å². The Hall–Kier alpha value is -1.06. The second-order valence-electron chi connectivity index (χ2n) is 3.55.